The maximum absolute atomic E-state index is 11.6. The molecule has 0 N–H and O–H groups in total. The van der Waals surface area contributed by atoms with Gasteiger partial charge in [0.05, 0.1) is 18.4 Å². The van der Waals surface area contributed by atoms with E-state index in [1.165, 1.54) is 7.11 Å². The number of esters is 1. The Morgan fingerprint density at radius 1 is 1.35 bits per heavy atom. The van der Waals surface area contributed by atoms with E-state index in [4.69, 9.17) is 4.74 Å². The number of ether oxygens (including phenoxy) is 1. The fourth-order valence-electron chi connectivity index (χ4n) is 2.33. The molecule has 1 unspecified atom stereocenters. The summed E-state index contributed by atoms with van der Waals surface area (Å²) in [5, 5.41) is 0. The summed E-state index contributed by atoms with van der Waals surface area (Å²) >= 11 is 0. The van der Waals surface area contributed by atoms with Gasteiger partial charge in [-0.3, -0.25) is 4.99 Å². The van der Waals surface area contributed by atoms with Crippen molar-refractivity contribution >= 4 is 17.9 Å². The Morgan fingerprint density at radius 2 is 2.00 bits per heavy atom. The largest absolute Gasteiger partial charge is 0.465 e. The van der Waals surface area contributed by atoms with Crippen LogP contribution in [0.15, 0.2) is 29.3 Å². The zero-order chi connectivity index (χ0) is 15.2. The van der Waals surface area contributed by atoms with Crippen LogP contribution < -0.4 is 0 Å². The van der Waals surface area contributed by atoms with E-state index in [9.17, 15) is 4.79 Å². The van der Waals surface area contributed by atoms with Gasteiger partial charge in [-0.15, -0.1) is 0 Å². The van der Waals surface area contributed by atoms with Crippen LogP contribution in [-0.2, 0) is 4.74 Å². The van der Waals surface area contributed by atoms with Gasteiger partial charge in [0.15, 0.2) is 0 Å². The van der Waals surface area contributed by atoms with Crippen LogP contribution >= 0.6 is 0 Å². The highest BCUT2D eigenvalue weighted by atomic mass is 16.5. The number of hydrogen-bond donors (Lipinski definition) is 0. The number of carbonyl (C=O) groups excluding carboxylic acids is 1. The Kier molecular flexibility index (Phi) is 5.93. The molecule has 1 aromatic carbocycles. The summed E-state index contributed by atoms with van der Waals surface area (Å²) in [4.78, 5) is 16.0. The molecule has 3 heteroatoms. The molecule has 0 aliphatic heterocycles. The number of nitrogens with zero attached hydrogens (tertiary/aromatic N) is 1. The molecule has 0 saturated heterocycles. The Bertz CT molecular complexity index is 472. The van der Waals surface area contributed by atoms with Crippen molar-refractivity contribution in [1.82, 2.24) is 0 Å². The maximum Gasteiger partial charge on any atom is 0.340 e. The first kappa shape index (κ1) is 16.4. The molecule has 3 nitrogen and oxygen atoms in total. The molecule has 0 aliphatic carbocycles. The molecular formula is C17H25NO2. The molecule has 0 heterocycles. The number of methoxy groups -OCH3 is 1. The van der Waals surface area contributed by atoms with Crippen LogP contribution in [0, 0.1) is 11.3 Å². The van der Waals surface area contributed by atoms with Crippen LogP contribution in [0.4, 0.5) is 5.69 Å². The van der Waals surface area contributed by atoms with Crippen molar-refractivity contribution in [3.8, 4) is 0 Å². The minimum atomic E-state index is -0.347. The number of aliphatic imine (C=N–C) groups is 1. The average Bonchev–Trinajstić information content (AvgIpc) is 2.36. The van der Waals surface area contributed by atoms with Crippen molar-refractivity contribution in [2.24, 2.45) is 16.3 Å². The molecule has 0 amide bonds. The Balaban J connectivity index is 2.69. The number of para-hydroxylation sites is 1. The van der Waals surface area contributed by atoms with E-state index in [2.05, 4.69) is 32.7 Å². The number of benzene rings is 1. The second-order valence-corrected chi connectivity index (χ2v) is 6.43. The minimum absolute atomic E-state index is 0.331. The fourth-order valence-corrected chi connectivity index (χ4v) is 2.33. The minimum Gasteiger partial charge on any atom is -0.465 e. The topological polar surface area (TPSA) is 38.7 Å². The van der Waals surface area contributed by atoms with Gasteiger partial charge < -0.3 is 4.74 Å². The predicted octanol–water partition coefficient (Wildman–Crippen LogP) is 4.64. The van der Waals surface area contributed by atoms with Crippen LogP contribution in [0.1, 0.15) is 50.9 Å². The lowest BCUT2D eigenvalue weighted by Gasteiger charge is -2.22. The lowest BCUT2D eigenvalue weighted by Crippen LogP contribution is -2.11. The molecule has 1 rings (SSSR count). The lowest BCUT2D eigenvalue weighted by atomic mass is 9.84. The van der Waals surface area contributed by atoms with Crippen LogP contribution in [-0.4, -0.2) is 19.3 Å². The van der Waals surface area contributed by atoms with Gasteiger partial charge in [0.25, 0.3) is 0 Å². The first-order valence-corrected chi connectivity index (χ1v) is 7.03. The highest BCUT2D eigenvalue weighted by molar-refractivity contribution is 5.95. The molecular weight excluding hydrogens is 250 g/mol. The monoisotopic (exact) mass is 275 g/mol. The van der Waals surface area contributed by atoms with Gasteiger partial charge >= 0.3 is 5.97 Å². The van der Waals surface area contributed by atoms with E-state index >= 15 is 0 Å². The first-order valence-electron chi connectivity index (χ1n) is 7.03. The van der Waals surface area contributed by atoms with E-state index < -0.39 is 0 Å². The van der Waals surface area contributed by atoms with Crippen molar-refractivity contribution in [2.75, 3.05) is 7.11 Å². The van der Waals surface area contributed by atoms with Crippen molar-refractivity contribution in [2.45, 2.75) is 40.5 Å². The molecule has 0 bridgehead atoms. The quantitative estimate of drug-likeness (QED) is 0.580. The molecule has 0 spiro atoms. The predicted molar refractivity (Wildman–Crippen MR) is 83.8 cm³/mol. The molecule has 0 fully saturated rings. The van der Waals surface area contributed by atoms with Crippen LogP contribution in [0.25, 0.3) is 0 Å². The second-order valence-electron chi connectivity index (χ2n) is 6.43. The smallest absolute Gasteiger partial charge is 0.340 e. The maximum atomic E-state index is 11.6. The molecule has 20 heavy (non-hydrogen) atoms. The summed E-state index contributed by atoms with van der Waals surface area (Å²) in [6.07, 6.45) is 3.96. The highest BCUT2D eigenvalue weighted by Gasteiger charge is 2.14. The third-order valence-electron chi connectivity index (χ3n) is 3.01. The van der Waals surface area contributed by atoms with E-state index in [0.29, 0.717) is 22.6 Å². The van der Waals surface area contributed by atoms with Crippen molar-refractivity contribution in [3.63, 3.8) is 0 Å². The molecule has 0 radical (unpaired) electrons. The normalized spacial score (nSPS) is 13.4. The van der Waals surface area contributed by atoms with Gasteiger partial charge in [0.1, 0.15) is 0 Å². The molecule has 1 aromatic rings. The van der Waals surface area contributed by atoms with Gasteiger partial charge in [0.2, 0.25) is 0 Å². The van der Waals surface area contributed by atoms with E-state index in [-0.39, 0.29) is 5.97 Å². The summed E-state index contributed by atoms with van der Waals surface area (Å²) < 4.78 is 4.76. The Labute approximate surface area is 122 Å². The zero-order valence-corrected chi connectivity index (χ0v) is 13.1. The van der Waals surface area contributed by atoms with E-state index in [0.717, 1.165) is 12.8 Å². The van der Waals surface area contributed by atoms with Crippen molar-refractivity contribution in [1.29, 1.82) is 0 Å². The SMILES string of the molecule is COC(=O)c1ccccc1/N=C/CC(C)CC(C)(C)C. The number of rotatable bonds is 5. The van der Waals surface area contributed by atoms with E-state index in [1.807, 2.05) is 24.4 Å². The summed E-state index contributed by atoms with van der Waals surface area (Å²) in [6, 6.07) is 7.25. The average molecular weight is 275 g/mol. The summed E-state index contributed by atoms with van der Waals surface area (Å²) in [7, 11) is 1.38. The standard InChI is InChI=1S/C17H25NO2/c1-13(12-17(2,3)4)10-11-18-15-9-7-6-8-14(15)16(19)20-5/h6-9,11,13H,10,12H2,1-5H3/b18-11+. The van der Waals surface area contributed by atoms with Crippen molar-refractivity contribution in [3.05, 3.63) is 29.8 Å². The first-order chi connectivity index (χ1) is 9.33. The Hall–Kier alpha value is -1.64. The number of carbonyl (C=O) groups is 1. The molecule has 0 aromatic heterocycles. The molecule has 110 valence electrons. The third-order valence-corrected chi connectivity index (χ3v) is 3.01. The third kappa shape index (κ3) is 5.55. The zero-order valence-electron chi connectivity index (χ0n) is 13.1. The van der Waals surface area contributed by atoms with Gasteiger partial charge in [-0.2, -0.15) is 0 Å². The summed E-state index contributed by atoms with van der Waals surface area (Å²) in [6.45, 7) is 8.96. The number of hydrogen-bond acceptors (Lipinski definition) is 3. The molecule has 0 saturated carbocycles. The molecule has 1 atom stereocenters. The Morgan fingerprint density at radius 3 is 2.60 bits per heavy atom. The van der Waals surface area contributed by atoms with Gasteiger partial charge in [0, 0.05) is 6.21 Å². The van der Waals surface area contributed by atoms with Crippen molar-refractivity contribution < 1.29 is 9.53 Å². The molecule has 0 aliphatic rings. The summed E-state index contributed by atoms with van der Waals surface area (Å²) in [5.41, 5.74) is 1.51. The fraction of sp³-hybridized carbons (Fsp3) is 0.529. The highest BCUT2D eigenvalue weighted by Crippen LogP contribution is 2.26. The van der Waals surface area contributed by atoms with Gasteiger partial charge in [-0.25, -0.2) is 4.79 Å². The van der Waals surface area contributed by atoms with Crippen LogP contribution in [0.5, 0.6) is 0 Å². The van der Waals surface area contributed by atoms with E-state index in [1.54, 1.807) is 6.07 Å². The van der Waals surface area contributed by atoms with Gasteiger partial charge in [-0.1, -0.05) is 39.8 Å². The van der Waals surface area contributed by atoms with Crippen LogP contribution in [0.2, 0.25) is 0 Å². The van der Waals surface area contributed by atoms with Crippen LogP contribution in [0.3, 0.4) is 0 Å². The van der Waals surface area contributed by atoms with Gasteiger partial charge in [-0.05, 0) is 36.3 Å². The second kappa shape index (κ2) is 7.22. The lowest BCUT2D eigenvalue weighted by molar-refractivity contribution is 0.0601. The summed E-state index contributed by atoms with van der Waals surface area (Å²) in [5.74, 6) is 0.226.